The average molecular weight is 246 g/mol. The Morgan fingerprint density at radius 1 is 1.41 bits per heavy atom. The predicted molar refractivity (Wildman–Crippen MR) is 70.1 cm³/mol. The first kappa shape index (κ1) is 10.7. The molecule has 2 aromatic rings. The van der Waals surface area contributed by atoms with Crippen LogP contribution in [0.15, 0.2) is 29.8 Å². The van der Waals surface area contributed by atoms with Gasteiger partial charge in [0.05, 0.1) is 17.3 Å². The molecule has 1 aliphatic rings. The van der Waals surface area contributed by atoms with Gasteiger partial charge < -0.3 is 10.5 Å². The summed E-state index contributed by atoms with van der Waals surface area (Å²) in [6.45, 7) is 1.65. The maximum Gasteiger partial charge on any atom is 0.0954 e. The summed E-state index contributed by atoms with van der Waals surface area (Å²) in [5, 5.41) is 3.00. The van der Waals surface area contributed by atoms with Crippen molar-refractivity contribution < 1.29 is 4.74 Å². The molecular formula is C13H14N2OS. The van der Waals surface area contributed by atoms with Crippen LogP contribution in [0.25, 0.3) is 11.3 Å². The highest BCUT2D eigenvalue weighted by atomic mass is 32.1. The van der Waals surface area contributed by atoms with Crippen LogP contribution in [0.1, 0.15) is 17.9 Å². The SMILES string of the molecule is Nc1scc(C2CCOC2)c1-c1ccccn1. The van der Waals surface area contributed by atoms with Crippen LogP contribution in [0.2, 0.25) is 0 Å². The molecule has 3 rings (SSSR count). The molecule has 2 aromatic heterocycles. The zero-order valence-corrected chi connectivity index (χ0v) is 10.2. The molecule has 1 atom stereocenters. The zero-order valence-electron chi connectivity index (χ0n) is 9.43. The van der Waals surface area contributed by atoms with E-state index in [0.717, 1.165) is 35.9 Å². The Hall–Kier alpha value is -1.39. The molecule has 1 aliphatic heterocycles. The van der Waals surface area contributed by atoms with Crippen molar-refractivity contribution in [3.8, 4) is 11.3 Å². The van der Waals surface area contributed by atoms with Crippen LogP contribution in [-0.2, 0) is 4.74 Å². The van der Waals surface area contributed by atoms with E-state index in [9.17, 15) is 0 Å². The van der Waals surface area contributed by atoms with Gasteiger partial charge in [-0.15, -0.1) is 11.3 Å². The molecule has 0 aromatic carbocycles. The van der Waals surface area contributed by atoms with Gasteiger partial charge in [0.15, 0.2) is 0 Å². The molecular weight excluding hydrogens is 232 g/mol. The molecule has 2 N–H and O–H groups in total. The van der Waals surface area contributed by atoms with E-state index in [0.29, 0.717) is 5.92 Å². The topological polar surface area (TPSA) is 48.1 Å². The highest BCUT2D eigenvalue weighted by molar-refractivity contribution is 7.14. The van der Waals surface area contributed by atoms with Crippen LogP contribution < -0.4 is 5.73 Å². The zero-order chi connectivity index (χ0) is 11.7. The smallest absolute Gasteiger partial charge is 0.0954 e. The first-order valence-corrected chi connectivity index (χ1v) is 6.60. The molecule has 3 nitrogen and oxygen atoms in total. The first-order valence-electron chi connectivity index (χ1n) is 5.72. The highest BCUT2D eigenvalue weighted by Gasteiger charge is 2.24. The third-order valence-corrected chi connectivity index (χ3v) is 3.97. The number of ether oxygens (including phenoxy) is 1. The second-order valence-corrected chi connectivity index (χ2v) is 5.12. The molecule has 1 saturated heterocycles. The van der Waals surface area contributed by atoms with Crippen molar-refractivity contribution in [1.82, 2.24) is 4.98 Å². The van der Waals surface area contributed by atoms with Gasteiger partial charge in [-0.25, -0.2) is 0 Å². The Balaban J connectivity index is 2.06. The molecule has 17 heavy (non-hydrogen) atoms. The van der Waals surface area contributed by atoms with Crippen LogP contribution in [-0.4, -0.2) is 18.2 Å². The molecule has 88 valence electrons. The lowest BCUT2D eigenvalue weighted by Gasteiger charge is -2.09. The van der Waals surface area contributed by atoms with Gasteiger partial charge in [-0.1, -0.05) is 6.07 Å². The molecule has 0 spiro atoms. The molecule has 1 unspecified atom stereocenters. The van der Waals surface area contributed by atoms with E-state index in [1.165, 1.54) is 5.56 Å². The summed E-state index contributed by atoms with van der Waals surface area (Å²) >= 11 is 1.59. The summed E-state index contributed by atoms with van der Waals surface area (Å²) in [7, 11) is 0. The number of thiophene rings is 1. The maximum absolute atomic E-state index is 6.08. The van der Waals surface area contributed by atoms with Crippen LogP contribution >= 0.6 is 11.3 Å². The van der Waals surface area contributed by atoms with E-state index in [4.69, 9.17) is 10.5 Å². The number of aromatic nitrogens is 1. The van der Waals surface area contributed by atoms with Crippen LogP contribution in [0.3, 0.4) is 0 Å². The van der Waals surface area contributed by atoms with E-state index in [1.807, 2.05) is 18.2 Å². The summed E-state index contributed by atoms with van der Waals surface area (Å²) in [5.41, 5.74) is 9.44. The standard InChI is InChI=1S/C13H14N2OS/c14-13-12(11-3-1-2-5-15-11)10(8-17-13)9-4-6-16-7-9/h1-3,5,8-9H,4,6-7,14H2. The quantitative estimate of drug-likeness (QED) is 0.886. The third-order valence-electron chi connectivity index (χ3n) is 3.14. The summed E-state index contributed by atoms with van der Waals surface area (Å²) in [5.74, 6) is 0.473. The monoisotopic (exact) mass is 246 g/mol. The molecule has 0 aliphatic carbocycles. The fourth-order valence-electron chi connectivity index (χ4n) is 2.25. The molecule has 0 bridgehead atoms. The summed E-state index contributed by atoms with van der Waals surface area (Å²) in [4.78, 5) is 4.40. The number of pyridine rings is 1. The molecule has 4 heteroatoms. The first-order chi connectivity index (χ1) is 8.36. The van der Waals surface area contributed by atoms with Crippen LogP contribution in [0.5, 0.6) is 0 Å². The number of nitrogens with two attached hydrogens (primary N) is 1. The number of anilines is 1. The van der Waals surface area contributed by atoms with Gasteiger partial charge in [-0.3, -0.25) is 4.98 Å². The lowest BCUT2D eigenvalue weighted by atomic mass is 9.95. The lowest BCUT2D eigenvalue weighted by Crippen LogP contribution is -1.99. The fourth-order valence-corrected chi connectivity index (χ4v) is 3.16. The average Bonchev–Trinajstić information content (AvgIpc) is 2.98. The lowest BCUT2D eigenvalue weighted by molar-refractivity contribution is 0.194. The van der Waals surface area contributed by atoms with Gasteiger partial charge in [-0.05, 0) is 29.5 Å². The Morgan fingerprint density at radius 2 is 2.35 bits per heavy atom. The normalized spacial score (nSPS) is 19.6. The number of nitrogens with zero attached hydrogens (tertiary/aromatic N) is 1. The molecule has 0 radical (unpaired) electrons. The minimum atomic E-state index is 0.473. The molecule has 3 heterocycles. The highest BCUT2D eigenvalue weighted by Crippen LogP contribution is 2.40. The van der Waals surface area contributed by atoms with Gasteiger partial charge in [0.1, 0.15) is 0 Å². The van der Waals surface area contributed by atoms with E-state index >= 15 is 0 Å². The summed E-state index contributed by atoms with van der Waals surface area (Å²) in [6, 6.07) is 5.93. The predicted octanol–water partition coefficient (Wildman–Crippen LogP) is 2.90. The van der Waals surface area contributed by atoms with Crippen molar-refractivity contribution in [3.05, 3.63) is 35.3 Å². The minimum Gasteiger partial charge on any atom is -0.390 e. The summed E-state index contributed by atoms with van der Waals surface area (Å²) in [6.07, 6.45) is 2.89. The van der Waals surface area contributed by atoms with Crippen molar-refractivity contribution >= 4 is 16.3 Å². The van der Waals surface area contributed by atoms with Gasteiger partial charge in [-0.2, -0.15) is 0 Å². The number of hydrogen-bond acceptors (Lipinski definition) is 4. The van der Waals surface area contributed by atoms with Gasteiger partial charge in [0, 0.05) is 24.3 Å². The Morgan fingerprint density at radius 3 is 3.06 bits per heavy atom. The van der Waals surface area contributed by atoms with Crippen molar-refractivity contribution in [3.63, 3.8) is 0 Å². The fraction of sp³-hybridized carbons (Fsp3) is 0.308. The van der Waals surface area contributed by atoms with E-state index < -0.39 is 0 Å². The summed E-state index contributed by atoms with van der Waals surface area (Å²) < 4.78 is 5.46. The Labute approximate surface area is 104 Å². The van der Waals surface area contributed by atoms with E-state index in [2.05, 4.69) is 10.4 Å². The Bertz CT molecular complexity index is 503. The van der Waals surface area contributed by atoms with Crippen molar-refractivity contribution in [2.24, 2.45) is 0 Å². The maximum atomic E-state index is 6.08. The number of nitrogen functional groups attached to an aromatic ring is 1. The largest absolute Gasteiger partial charge is 0.390 e. The van der Waals surface area contributed by atoms with Crippen molar-refractivity contribution in [1.29, 1.82) is 0 Å². The van der Waals surface area contributed by atoms with Gasteiger partial charge >= 0.3 is 0 Å². The van der Waals surface area contributed by atoms with E-state index in [-0.39, 0.29) is 0 Å². The Kier molecular flexibility index (Phi) is 2.82. The second-order valence-electron chi connectivity index (χ2n) is 4.21. The van der Waals surface area contributed by atoms with Crippen LogP contribution in [0, 0.1) is 0 Å². The number of hydrogen-bond donors (Lipinski definition) is 1. The van der Waals surface area contributed by atoms with Gasteiger partial charge in [0.25, 0.3) is 0 Å². The molecule has 0 amide bonds. The van der Waals surface area contributed by atoms with Gasteiger partial charge in [0.2, 0.25) is 0 Å². The minimum absolute atomic E-state index is 0.473. The van der Waals surface area contributed by atoms with Crippen molar-refractivity contribution in [2.75, 3.05) is 18.9 Å². The molecule has 0 saturated carbocycles. The van der Waals surface area contributed by atoms with E-state index in [1.54, 1.807) is 17.5 Å². The third kappa shape index (κ3) is 1.94. The molecule has 1 fully saturated rings. The number of rotatable bonds is 2. The van der Waals surface area contributed by atoms with Crippen LogP contribution in [0.4, 0.5) is 5.00 Å². The van der Waals surface area contributed by atoms with Crippen molar-refractivity contribution in [2.45, 2.75) is 12.3 Å². The second kappa shape index (κ2) is 4.47.